The molecule has 1 aromatic rings. The average Bonchev–Trinajstić information content (AvgIpc) is 2.92. The van der Waals surface area contributed by atoms with Gasteiger partial charge in [-0.25, -0.2) is 4.79 Å². The molecule has 0 saturated carbocycles. The molecule has 0 unspecified atom stereocenters. The first-order valence-corrected chi connectivity index (χ1v) is 15.0. The fraction of sp³-hybridized carbons (Fsp3) is 0.538. The molecular weight excluding hydrogens is 590 g/mol. The van der Waals surface area contributed by atoms with Crippen LogP contribution in [0.15, 0.2) is 24.3 Å². The number of aliphatic carboxylic acids is 2. The summed E-state index contributed by atoms with van der Waals surface area (Å²) >= 11 is 5.55. The Kier molecular flexibility index (Phi) is 15.8. The molecule has 0 saturated heterocycles. The van der Waals surface area contributed by atoms with E-state index in [0.29, 0.717) is 17.7 Å². The lowest BCUT2D eigenvalue weighted by Crippen LogP contribution is -2.60. The van der Waals surface area contributed by atoms with Gasteiger partial charge >= 0.3 is 11.9 Å². The topological polar surface area (TPSA) is 237 Å². The molecule has 234 valence electrons. The molecule has 5 atom stereocenters. The Balaban J connectivity index is 3.00. The van der Waals surface area contributed by atoms with Crippen LogP contribution in [0.1, 0.15) is 32.3 Å². The predicted molar refractivity (Wildman–Crippen MR) is 159 cm³/mol. The quantitative estimate of drug-likeness (QED) is 0.0902. The summed E-state index contributed by atoms with van der Waals surface area (Å²) in [5.74, 6) is -6.26. The number of rotatable bonds is 18. The Labute approximate surface area is 253 Å². The van der Waals surface area contributed by atoms with E-state index in [4.69, 9.17) is 5.73 Å². The maximum Gasteiger partial charge on any atom is 0.326 e. The molecule has 0 heterocycles. The number of phenols is 1. The van der Waals surface area contributed by atoms with Crippen LogP contribution in [0.4, 0.5) is 0 Å². The van der Waals surface area contributed by atoms with E-state index in [-0.39, 0.29) is 17.9 Å². The fourth-order valence-corrected chi connectivity index (χ4v) is 4.37. The van der Waals surface area contributed by atoms with Gasteiger partial charge in [-0.3, -0.25) is 24.0 Å². The van der Waals surface area contributed by atoms with Crippen LogP contribution < -0.4 is 27.0 Å². The Morgan fingerprint density at radius 1 is 0.857 bits per heavy atom. The summed E-state index contributed by atoms with van der Waals surface area (Å²) in [6.45, 7) is 3.16. The van der Waals surface area contributed by atoms with Gasteiger partial charge in [0, 0.05) is 12.2 Å². The third-order valence-corrected chi connectivity index (χ3v) is 7.04. The van der Waals surface area contributed by atoms with Gasteiger partial charge in [0.1, 0.15) is 29.9 Å². The molecule has 16 heteroatoms. The number of carboxylic acid groups (broad SMARTS) is 2. The number of carboxylic acids is 2. The highest BCUT2D eigenvalue weighted by Gasteiger charge is 2.33. The van der Waals surface area contributed by atoms with Crippen molar-refractivity contribution >= 4 is 60.0 Å². The summed E-state index contributed by atoms with van der Waals surface area (Å²) < 4.78 is 0. The predicted octanol–water partition coefficient (Wildman–Crippen LogP) is -0.901. The summed E-state index contributed by atoms with van der Waals surface area (Å²) in [7, 11) is 0. The van der Waals surface area contributed by atoms with Gasteiger partial charge in [0.05, 0.1) is 12.5 Å². The van der Waals surface area contributed by atoms with E-state index in [1.54, 1.807) is 13.8 Å². The van der Waals surface area contributed by atoms with E-state index in [9.17, 15) is 44.1 Å². The van der Waals surface area contributed by atoms with E-state index >= 15 is 0 Å². The Morgan fingerprint density at radius 3 is 1.90 bits per heavy atom. The van der Waals surface area contributed by atoms with Gasteiger partial charge in [0.15, 0.2) is 0 Å². The number of hydrogen-bond donors (Lipinski definition) is 9. The minimum Gasteiger partial charge on any atom is -0.508 e. The zero-order valence-corrected chi connectivity index (χ0v) is 25.2. The van der Waals surface area contributed by atoms with Crippen molar-refractivity contribution < 1.29 is 44.1 Å². The van der Waals surface area contributed by atoms with Crippen molar-refractivity contribution in [2.75, 3.05) is 17.8 Å². The van der Waals surface area contributed by atoms with E-state index in [1.807, 2.05) is 6.26 Å². The molecule has 1 rings (SSSR count). The van der Waals surface area contributed by atoms with E-state index < -0.39 is 78.1 Å². The lowest BCUT2D eigenvalue weighted by molar-refractivity contribution is -0.143. The number of amides is 4. The minimum absolute atomic E-state index is 0.0157. The van der Waals surface area contributed by atoms with Crippen molar-refractivity contribution in [2.24, 2.45) is 11.7 Å². The highest BCUT2D eigenvalue weighted by Crippen LogP contribution is 2.12. The summed E-state index contributed by atoms with van der Waals surface area (Å²) in [5, 5.41) is 37.9. The molecule has 42 heavy (non-hydrogen) atoms. The van der Waals surface area contributed by atoms with Crippen LogP contribution in [-0.2, 0) is 35.2 Å². The number of nitrogens with one attached hydrogen (secondary N) is 4. The van der Waals surface area contributed by atoms with Crippen molar-refractivity contribution in [3.8, 4) is 5.75 Å². The first-order chi connectivity index (χ1) is 19.7. The lowest BCUT2D eigenvalue weighted by Gasteiger charge is -2.27. The SMILES string of the molecule is CSCC[C@H](N)C(=O)N[C@@H](CS)C(=O)N[C@H](CC(=O)O)C(=O)N[C@H](C(=O)N[C@@H](Cc1ccc(O)cc1)C(=O)O)C(C)C. The molecule has 0 aliphatic carbocycles. The standard InChI is InChI=1S/C26H39N5O9S2/c1-13(2)21(25(38)29-18(26(39)40)10-14-4-6-15(32)7-5-14)31-23(36)17(11-20(33)34)28-24(37)19(12-41)30-22(35)16(27)8-9-42-3/h4-7,13,16-19,21,32,41H,8-12,27H2,1-3H3,(H,28,37)(H,29,38)(H,30,35)(H,31,36)(H,33,34)(H,39,40)/t16-,17+,18-,19-,21-/m0/s1. The molecule has 0 aliphatic rings. The van der Waals surface area contributed by atoms with Crippen LogP contribution in [0.3, 0.4) is 0 Å². The second-order valence-corrected chi connectivity index (χ2v) is 11.1. The monoisotopic (exact) mass is 629 g/mol. The molecule has 4 amide bonds. The van der Waals surface area contributed by atoms with Gasteiger partial charge in [0.25, 0.3) is 0 Å². The first kappa shape index (κ1) is 36.5. The minimum atomic E-state index is -1.64. The van der Waals surface area contributed by atoms with Crippen LogP contribution in [0.2, 0.25) is 0 Å². The Morgan fingerprint density at radius 2 is 1.40 bits per heavy atom. The number of phenolic OH excluding ortho intramolecular Hbond substituents is 1. The van der Waals surface area contributed by atoms with Gasteiger partial charge in [-0.15, -0.1) is 0 Å². The van der Waals surface area contributed by atoms with E-state index in [0.717, 1.165) is 0 Å². The summed E-state index contributed by atoms with van der Waals surface area (Å²) in [6, 6.07) is -0.695. The Hall–Kier alpha value is -3.50. The molecule has 0 spiro atoms. The van der Waals surface area contributed by atoms with Crippen LogP contribution in [0.5, 0.6) is 5.75 Å². The smallest absolute Gasteiger partial charge is 0.326 e. The van der Waals surface area contributed by atoms with Crippen LogP contribution >= 0.6 is 24.4 Å². The normalized spacial score (nSPS) is 14.5. The molecule has 0 fully saturated rings. The number of aromatic hydroxyl groups is 1. The second kappa shape index (κ2) is 18.1. The highest BCUT2D eigenvalue weighted by molar-refractivity contribution is 7.98. The van der Waals surface area contributed by atoms with Crippen molar-refractivity contribution in [3.05, 3.63) is 29.8 Å². The number of nitrogens with two attached hydrogens (primary N) is 1. The maximum atomic E-state index is 13.1. The van der Waals surface area contributed by atoms with Crippen LogP contribution in [0, 0.1) is 5.92 Å². The number of thiol groups is 1. The van der Waals surface area contributed by atoms with Crippen LogP contribution in [-0.4, -0.2) is 98.9 Å². The maximum absolute atomic E-state index is 13.1. The molecule has 1 aromatic carbocycles. The third kappa shape index (κ3) is 12.6. The van der Waals surface area contributed by atoms with Gasteiger partial charge < -0.3 is 42.3 Å². The average molecular weight is 630 g/mol. The number of benzene rings is 1. The van der Waals surface area contributed by atoms with Gasteiger partial charge in [0.2, 0.25) is 23.6 Å². The molecule has 14 nitrogen and oxygen atoms in total. The number of hydrogen-bond acceptors (Lipinski definition) is 10. The molecular formula is C26H39N5O9S2. The molecule has 9 N–H and O–H groups in total. The summed E-state index contributed by atoms with van der Waals surface area (Å²) in [6.07, 6.45) is 1.24. The number of carbonyl (C=O) groups is 6. The largest absolute Gasteiger partial charge is 0.508 e. The first-order valence-electron chi connectivity index (χ1n) is 13.0. The molecule has 0 aliphatic heterocycles. The lowest BCUT2D eigenvalue weighted by atomic mass is 10.0. The summed E-state index contributed by atoms with van der Waals surface area (Å²) in [5.41, 5.74) is 6.35. The third-order valence-electron chi connectivity index (χ3n) is 6.03. The number of thioether (sulfide) groups is 1. The molecule has 0 radical (unpaired) electrons. The van der Waals surface area contributed by atoms with Gasteiger partial charge in [-0.05, 0) is 42.0 Å². The highest BCUT2D eigenvalue weighted by atomic mass is 32.2. The van der Waals surface area contributed by atoms with E-state index in [1.165, 1.54) is 36.0 Å². The van der Waals surface area contributed by atoms with Gasteiger partial charge in [-0.1, -0.05) is 26.0 Å². The zero-order chi connectivity index (χ0) is 32.0. The van der Waals surface area contributed by atoms with Gasteiger partial charge in [-0.2, -0.15) is 24.4 Å². The van der Waals surface area contributed by atoms with Crippen molar-refractivity contribution in [1.29, 1.82) is 0 Å². The second-order valence-electron chi connectivity index (χ2n) is 9.79. The molecule has 0 bridgehead atoms. The fourth-order valence-electron chi connectivity index (χ4n) is 3.62. The van der Waals surface area contributed by atoms with Crippen LogP contribution in [0.25, 0.3) is 0 Å². The van der Waals surface area contributed by atoms with Crippen molar-refractivity contribution in [2.45, 2.75) is 63.3 Å². The summed E-state index contributed by atoms with van der Waals surface area (Å²) in [4.78, 5) is 74.7. The Bertz CT molecular complexity index is 1100. The zero-order valence-electron chi connectivity index (χ0n) is 23.5. The van der Waals surface area contributed by atoms with E-state index in [2.05, 4.69) is 33.9 Å². The van der Waals surface area contributed by atoms with Crippen molar-refractivity contribution in [1.82, 2.24) is 21.3 Å². The van der Waals surface area contributed by atoms with Crippen molar-refractivity contribution in [3.63, 3.8) is 0 Å². The number of carbonyl (C=O) groups excluding carboxylic acids is 4. The molecule has 0 aromatic heterocycles.